The standard InChI is InChI=1S/C10H18O4/c1-10(2,3)9(12)14-7-5-6-8(11)13-4/h5-7H2,1-4H3. The lowest BCUT2D eigenvalue weighted by molar-refractivity contribution is -0.154. The van der Waals surface area contributed by atoms with Crippen molar-refractivity contribution in [3.05, 3.63) is 0 Å². The van der Waals surface area contributed by atoms with E-state index in [-0.39, 0.29) is 25.0 Å². The lowest BCUT2D eigenvalue weighted by atomic mass is 9.97. The Morgan fingerprint density at radius 3 is 2.21 bits per heavy atom. The van der Waals surface area contributed by atoms with Gasteiger partial charge in [0.25, 0.3) is 0 Å². The molecule has 82 valence electrons. The van der Waals surface area contributed by atoms with Crippen molar-refractivity contribution >= 4 is 11.9 Å². The first-order chi connectivity index (χ1) is 6.38. The molecule has 0 aliphatic carbocycles. The Morgan fingerprint density at radius 2 is 1.79 bits per heavy atom. The van der Waals surface area contributed by atoms with Crippen LogP contribution in [0.15, 0.2) is 0 Å². The minimum Gasteiger partial charge on any atom is -0.469 e. The summed E-state index contributed by atoms with van der Waals surface area (Å²) in [5.74, 6) is -0.529. The molecule has 0 amide bonds. The third-order valence-electron chi connectivity index (χ3n) is 1.60. The predicted molar refractivity (Wildman–Crippen MR) is 51.7 cm³/mol. The molecule has 0 rings (SSSR count). The highest BCUT2D eigenvalue weighted by Gasteiger charge is 2.22. The molecule has 0 N–H and O–H groups in total. The van der Waals surface area contributed by atoms with E-state index < -0.39 is 5.41 Å². The molecule has 0 aliphatic rings. The average Bonchev–Trinajstić information content (AvgIpc) is 2.09. The molecule has 0 unspecified atom stereocenters. The van der Waals surface area contributed by atoms with Gasteiger partial charge in [-0.3, -0.25) is 9.59 Å². The van der Waals surface area contributed by atoms with Gasteiger partial charge < -0.3 is 9.47 Å². The van der Waals surface area contributed by atoms with E-state index in [9.17, 15) is 9.59 Å². The second-order valence-electron chi connectivity index (χ2n) is 4.07. The molecule has 0 heterocycles. The number of rotatable bonds is 4. The SMILES string of the molecule is COC(=O)CCCOC(=O)C(C)(C)C. The maximum atomic E-state index is 11.2. The monoisotopic (exact) mass is 202 g/mol. The Bertz CT molecular complexity index is 203. The summed E-state index contributed by atoms with van der Waals surface area (Å²) in [5, 5.41) is 0. The Morgan fingerprint density at radius 1 is 1.21 bits per heavy atom. The molecule has 4 heteroatoms. The molecular formula is C10H18O4. The van der Waals surface area contributed by atoms with Gasteiger partial charge in [0.15, 0.2) is 0 Å². The maximum absolute atomic E-state index is 11.2. The molecule has 0 saturated carbocycles. The smallest absolute Gasteiger partial charge is 0.311 e. The van der Waals surface area contributed by atoms with Crippen LogP contribution >= 0.6 is 0 Å². The fourth-order valence-corrected chi connectivity index (χ4v) is 0.700. The van der Waals surface area contributed by atoms with Crippen molar-refractivity contribution in [2.75, 3.05) is 13.7 Å². The number of ether oxygens (including phenoxy) is 2. The Balaban J connectivity index is 3.56. The van der Waals surface area contributed by atoms with Gasteiger partial charge in [-0.1, -0.05) is 0 Å². The van der Waals surface area contributed by atoms with Crippen LogP contribution in [0.4, 0.5) is 0 Å². The van der Waals surface area contributed by atoms with Crippen molar-refractivity contribution in [3.63, 3.8) is 0 Å². The summed E-state index contributed by atoms with van der Waals surface area (Å²) in [7, 11) is 1.34. The van der Waals surface area contributed by atoms with Gasteiger partial charge in [0, 0.05) is 6.42 Å². The number of esters is 2. The van der Waals surface area contributed by atoms with Crippen molar-refractivity contribution in [2.24, 2.45) is 5.41 Å². The third-order valence-corrected chi connectivity index (χ3v) is 1.60. The minimum atomic E-state index is -0.481. The average molecular weight is 202 g/mol. The highest BCUT2D eigenvalue weighted by Crippen LogP contribution is 2.15. The first kappa shape index (κ1) is 12.9. The predicted octanol–water partition coefficient (Wildman–Crippen LogP) is 1.53. The molecule has 14 heavy (non-hydrogen) atoms. The summed E-state index contributed by atoms with van der Waals surface area (Å²) in [6.45, 7) is 5.63. The van der Waals surface area contributed by atoms with Crippen LogP contribution in [0.25, 0.3) is 0 Å². The molecule has 0 aliphatic heterocycles. The topological polar surface area (TPSA) is 52.6 Å². The van der Waals surface area contributed by atoms with Crippen LogP contribution in [0.3, 0.4) is 0 Å². The van der Waals surface area contributed by atoms with Gasteiger partial charge >= 0.3 is 11.9 Å². The van der Waals surface area contributed by atoms with Crippen LogP contribution in [0.2, 0.25) is 0 Å². The van der Waals surface area contributed by atoms with E-state index in [1.54, 1.807) is 20.8 Å². The molecule has 0 atom stereocenters. The van der Waals surface area contributed by atoms with E-state index in [0.717, 1.165) is 0 Å². The molecule has 0 aromatic carbocycles. The molecule has 0 aromatic rings. The molecule has 4 nitrogen and oxygen atoms in total. The quantitative estimate of drug-likeness (QED) is 0.512. The Kier molecular flexibility index (Phi) is 5.20. The summed E-state index contributed by atoms with van der Waals surface area (Å²) in [4.78, 5) is 21.9. The highest BCUT2D eigenvalue weighted by atomic mass is 16.5. The van der Waals surface area contributed by atoms with Crippen molar-refractivity contribution < 1.29 is 19.1 Å². The summed E-state index contributed by atoms with van der Waals surface area (Å²) in [5.41, 5.74) is -0.481. The number of carbonyl (C=O) groups excluding carboxylic acids is 2. The van der Waals surface area contributed by atoms with Gasteiger partial charge in [-0.2, -0.15) is 0 Å². The van der Waals surface area contributed by atoms with Gasteiger partial charge in [-0.05, 0) is 27.2 Å². The van der Waals surface area contributed by atoms with E-state index >= 15 is 0 Å². The number of hydrogen-bond acceptors (Lipinski definition) is 4. The van der Waals surface area contributed by atoms with Crippen LogP contribution < -0.4 is 0 Å². The van der Waals surface area contributed by atoms with E-state index in [1.165, 1.54) is 7.11 Å². The van der Waals surface area contributed by atoms with Crippen molar-refractivity contribution in [2.45, 2.75) is 33.6 Å². The van der Waals surface area contributed by atoms with Crippen LogP contribution in [0.1, 0.15) is 33.6 Å². The fourth-order valence-electron chi connectivity index (χ4n) is 0.700. The van der Waals surface area contributed by atoms with Crippen molar-refractivity contribution in [1.82, 2.24) is 0 Å². The van der Waals surface area contributed by atoms with E-state index in [2.05, 4.69) is 4.74 Å². The summed E-state index contributed by atoms with van der Waals surface area (Å²) in [6, 6.07) is 0. The largest absolute Gasteiger partial charge is 0.469 e. The summed E-state index contributed by atoms with van der Waals surface area (Å²) < 4.78 is 9.40. The molecule has 0 spiro atoms. The molecular weight excluding hydrogens is 184 g/mol. The van der Waals surface area contributed by atoms with Crippen LogP contribution in [0, 0.1) is 5.41 Å². The first-order valence-electron chi connectivity index (χ1n) is 4.62. The van der Waals surface area contributed by atoms with Gasteiger partial charge in [-0.25, -0.2) is 0 Å². The summed E-state index contributed by atoms with van der Waals surface area (Å²) >= 11 is 0. The van der Waals surface area contributed by atoms with Gasteiger partial charge in [0.2, 0.25) is 0 Å². The third kappa shape index (κ3) is 5.56. The Hall–Kier alpha value is -1.06. The lowest BCUT2D eigenvalue weighted by Crippen LogP contribution is -2.23. The van der Waals surface area contributed by atoms with E-state index in [0.29, 0.717) is 6.42 Å². The van der Waals surface area contributed by atoms with Crippen LogP contribution in [0.5, 0.6) is 0 Å². The normalized spacial score (nSPS) is 10.9. The first-order valence-corrected chi connectivity index (χ1v) is 4.62. The maximum Gasteiger partial charge on any atom is 0.311 e. The zero-order valence-electron chi connectivity index (χ0n) is 9.25. The molecule has 0 saturated heterocycles. The highest BCUT2D eigenvalue weighted by molar-refractivity contribution is 5.75. The molecule has 0 fully saturated rings. The lowest BCUT2D eigenvalue weighted by Gasteiger charge is -2.16. The zero-order chi connectivity index (χ0) is 11.2. The fraction of sp³-hybridized carbons (Fsp3) is 0.800. The van der Waals surface area contributed by atoms with Gasteiger partial charge in [-0.15, -0.1) is 0 Å². The van der Waals surface area contributed by atoms with E-state index in [4.69, 9.17) is 4.74 Å². The second-order valence-corrected chi connectivity index (χ2v) is 4.07. The van der Waals surface area contributed by atoms with Crippen LogP contribution in [-0.4, -0.2) is 25.7 Å². The number of methoxy groups -OCH3 is 1. The second kappa shape index (κ2) is 5.62. The zero-order valence-corrected chi connectivity index (χ0v) is 9.25. The molecule has 0 radical (unpaired) electrons. The number of hydrogen-bond donors (Lipinski definition) is 0. The molecule has 0 bridgehead atoms. The van der Waals surface area contributed by atoms with Crippen molar-refractivity contribution in [3.8, 4) is 0 Å². The van der Waals surface area contributed by atoms with Crippen molar-refractivity contribution in [1.29, 1.82) is 0 Å². The van der Waals surface area contributed by atoms with Gasteiger partial charge in [0.1, 0.15) is 0 Å². The van der Waals surface area contributed by atoms with Gasteiger partial charge in [0.05, 0.1) is 19.1 Å². The summed E-state index contributed by atoms with van der Waals surface area (Å²) in [6.07, 6.45) is 0.794. The van der Waals surface area contributed by atoms with E-state index in [1.807, 2.05) is 0 Å². The molecule has 0 aromatic heterocycles. The Labute approximate surface area is 84.6 Å². The van der Waals surface area contributed by atoms with Crippen LogP contribution in [-0.2, 0) is 19.1 Å². The number of carbonyl (C=O) groups is 2. The minimum absolute atomic E-state index is 0.248.